The molecule has 1 saturated carbocycles. The second-order valence-electron chi connectivity index (χ2n) is 6.18. The highest BCUT2D eigenvalue weighted by Crippen LogP contribution is 2.54. The average molecular weight is 406 g/mol. The van der Waals surface area contributed by atoms with E-state index in [4.69, 9.17) is 27.9 Å². The van der Waals surface area contributed by atoms with Gasteiger partial charge in [0, 0.05) is 22.9 Å². The van der Waals surface area contributed by atoms with Gasteiger partial charge in [0.05, 0.1) is 7.11 Å². The van der Waals surface area contributed by atoms with E-state index in [9.17, 15) is 0 Å². The number of aromatic nitrogens is 3. The van der Waals surface area contributed by atoms with Crippen molar-refractivity contribution in [2.45, 2.75) is 15.9 Å². The first-order chi connectivity index (χ1) is 12.6. The summed E-state index contributed by atoms with van der Waals surface area (Å²) >= 11 is 13.9. The summed E-state index contributed by atoms with van der Waals surface area (Å²) < 4.78 is 6.83. The van der Waals surface area contributed by atoms with Crippen LogP contribution in [0.25, 0.3) is 17.1 Å². The van der Waals surface area contributed by atoms with Gasteiger partial charge in [0.15, 0.2) is 11.0 Å². The van der Waals surface area contributed by atoms with Crippen LogP contribution in [0.2, 0.25) is 0 Å². The van der Waals surface area contributed by atoms with Crippen molar-refractivity contribution in [1.82, 2.24) is 14.8 Å². The maximum Gasteiger partial charge on any atom is 0.196 e. The summed E-state index contributed by atoms with van der Waals surface area (Å²) in [6.07, 6.45) is 0.825. The summed E-state index contributed by atoms with van der Waals surface area (Å²) in [6, 6.07) is 17.9. The summed E-state index contributed by atoms with van der Waals surface area (Å²) in [5, 5.41) is 9.69. The number of benzene rings is 2. The van der Waals surface area contributed by atoms with E-state index >= 15 is 0 Å². The monoisotopic (exact) mass is 405 g/mol. The summed E-state index contributed by atoms with van der Waals surface area (Å²) in [5.41, 5.74) is 1.96. The minimum Gasteiger partial charge on any atom is -0.497 e. The highest BCUT2D eigenvalue weighted by atomic mass is 35.5. The third kappa shape index (κ3) is 3.56. The van der Waals surface area contributed by atoms with Gasteiger partial charge in [-0.2, -0.15) is 0 Å². The van der Waals surface area contributed by atoms with Crippen molar-refractivity contribution >= 4 is 35.0 Å². The average Bonchev–Trinajstić information content (AvgIpc) is 3.08. The van der Waals surface area contributed by atoms with Crippen molar-refractivity contribution in [3.8, 4) is 22.8 Å². The molecule has 7 heteroatoms. The van der Waals surface area contributed by atoms with Gasteiger partial charge in [-0.25, -0.2) is 0 Å². The number of ether oxygens (including phenoxy) is 1. The molecule has 134 valence electrons. The zero-order chi connectivity index (χ0) is 18.1. The quantitative estimate of drug-likeness (QED) is 0.415. The Kier molecular flexibility index (Phi) is 4.86. The molecule has 1 atom stereocenters. The molecule has 0 spiro atoms. The van der Waals surface area contributed by atoms with Crippen LogP contribution in [0, 0.1) is 5.92 Å². The Balaban J connectivity index is 1.72. The minimum absolute atomic E-state index is 0.289. The number of halogens is 2. The minimum atomic E-state index is -0.583. The molecule has 1 aliphatic rings. The number of rotatable bonds is 6. The van der Waals surface area contributed by atoms with Crippen LogP contribution in [0.4, 0.5) is 0 Å². The number of hydrogen-bond donors (Lipinski definition) is 0. The Hall–Kier alpha value is -1.69. The Bertz CT molecular complexity index is 914. The molecule has 0 saturated heterocycles. The lowest BCUT2D eigenvalue weighted by molar-refractivity contribution is 0.415. The molecule has 1 heterocycles. The van der Waals surface area contributed by atoms with E-state index in [2.05, 4.69) is 14.8 Å². The third-order valence-corrected chi connectivity index (χ3v) is 6.36. The highest BCUT2D eigenvalue weighted by molar-refractivity contribution is 7.99. The fourth-order valence-corrected chi connectivity index (χ4v) is 4.63. The van der Waals surface area contributed by atoms with Gasteiger partial charge in [-0.05, 0) is 30.7 Å². The van der Waals surface area contributed by atoms with Gasteiger partial charge in [-0.3, -0.25) is 4.57 Å². The van der Waals surface area contributed by atoms with Gasteiger partial charge >= 0.3 is 0 Å². The summed E-state index contributed by atoms with van der Waals surface area (Å²) in [5.74, 6) is 2.66. The lowest BCUT2D eigenvalue weighted by atomic mass is 10.2. The molecule has 1 unspecified atom stereocenters. The van der Waals surface area contributed by atoms with E-state index in [1.807, 2.05) is 54.6 Å². The predicted octanol–water partition coefficient (Wildman–Crippen LogP) is 5.23. The molecule has 1 aromatic heterocycles. The van der Waals surface area contributed by atoms with Crippen molar-refractivity contribution in [3.05, 3.63) is 54.6 Å². The van der Waals surface area contributed by atoms with Gasteiger partial charge in [0.25, 0.3) is 0 Å². The Morgan fingerprint density at radius 3 is 2.62 bits per heavy atom. The van der Waals surface area contributed by atoms with E-state index in [0.717, 1.165) is 40.2 Å². The molecular weight excluding hydrogens is 389 g/mol. The summed E-state index contributed by atoms with van der Waals surface area (Å²) in [4.78, 5) is 0. The molecule has 0 radical (unpaired) electrons. The molecule has 26 heavy (non-hydrogen) atoms. The molecule has 1 aliphatic carbocycles. The van der Waals surface area contributed by atoms with Crippen LogP contribution in [0.1, 0.15) is 6.42 Å². The maximum atomic E-state index is 6.16. The van der Waals surface area contributed by atoms with E-state index in [1.54, 1.807) is 18.9 Å². The molecule has 0 aliphatic heterocycles. The van der Waals surface area contributed by atoms with Crippen molar-refractivity contribution in [2.75, 3.05) is 12.9 Å². The largest absolute Gasteiger partial charge is 0.497 e. The molecule has 0 N–H and O–H groups in total. The van der Waals surface area contributed by atoms with Crippen molar-refractivity contribution in [1.29, 1.82) is 0 Å². The van der Waals surface area contributed by atoms with Gasteiger partial charge in [-0.1, -0.05) is 42.1 Å². The number of hydrogen-bond acceptors (Lipinski definition) is 4. The summed E-state index contributed by atoms with van der Waals surface area (Å²) in [6.45, 7) is 0. The summed E-state index contributed by atoms with van der Waals surface area (Å²) in [7, 11) is 1.66. The standard InChI is InChI=1S/C19H17Cl2N3OS/c1-25-16-9-5-6-13(10-16)17-22-23-18(26-12-14-11-19(14,20)21)24(17)15-7-3-2-4-8-15/h2-10,14H,11-12H2,1H3. The fourth-order valence-electron chi connectivity index (χ4n) is 2.75. The molecule has 0 amide bonds. The van der Waals surface area contributed by atoms with Crippen LogP contribution in [0.15, 0.2) is 59.8 Å². The number of para-hydroxylation sites is 1. The van der Waals surface area contributed by atoms with Crippen LogP contribution >= 0.6 is 35.0 Å². The molecular formula is C19H17Cl2N3OS. The van der Waals surface area contributed by atoms with E-state index in [1.165, 1.54) is 0 Å². The molecule has 4 rings (SSSR count). The first-order valence-corrected chi connectivity index (χ1v) is 9.98. The van der Waals surface area contributed by atoms with Crippen LogP contribution in [-0.4, -0.2) is 32.0 Å². The SMILES string of the molecule is COc1cccc(-c2nnc(SCC3CC3(Cl)Cl)n2-c2ccccc2)c1. The maximum absolute atomic E-state index is 6.16. The number of thioether (sulfide) groups is 1. The third-order valence-electron chi connectivity index (χ3n) is 4.35. The van der Waals surface area contributed by atoms with Crippen LogP contribution in [0.3, 0.4) is 0 Å². The van der Waals surface area contributed by atoms with Crippen LogP contribution in [0.5, 0.6) is 5.75 Å². The normalized spacial score (nSPS) is 17.9. The molecule has 4 nitrogen and oxygen atoms in total. The zero-order valence-corrected chi connectivity index (χ0v) is 16.4. The molecule has 0 bridgehead atoms. The Morgan fingerprint density at radius 2 is 1.92 bits per heavy atom. The Labute approximate surface area is 166 Å². The van der Waals surface area contributed by atoms with Crippen molar-refractivity contribution in [2.24, 2.45) is 5.92 Å². The smallest absolute Gasteiger partial charge is 0.196 e. The Morgan fingerprint density at radius 1 is 1.15 bits per heavy atom. The highest BCUT2D eigenvalue weighted by Gasteiger charge is 2.51. The lowest BCUT2D eigenvalue weighted by Gasteiger charge is -2.11. The lowest BCUT2D eigenvalue weighted by Crippen LogP contribution is -2.01. The van der Waals surface area contributed by atoms with Crippen LogP contribution < -0.4 is 4.74 Å². The second kappa shape index (κ2) is 7.14. The van der Waals surface area contributed by atoms with Crippen molar-refractivity contribution in [3.63, 3.8) is 0 Å². The van der Waals surface area contributed by atoms with Crippen molar-refractivity contribution < 1.29 is 4.74 Å². The van der Waals surface area contributed by atoms with Crippen LogP contribution in [-0.2, 0) is 0 Å². The van der Waals surface area contributed by atoms with Gasteiger partial charge < -0.3 is 4.74 Å². The topological polar surface area (TPSA) is 39.9 Å². The van der Waals surface area contributed by atoms with Gasteiger partial charge in [0.2, 0.25) is 0 Å². The van der Waals surface area contributed by atoms with E-state index in [0.29, 0.717) is 0 Å². The molecule has 3 aromatic rings. The predicted molar refractivity (Wildman–Crippen MR) is 107 cm³/mol. The number of methoxy groups -OCH3 is 1. The van der Waals surface area contributed by atoms with Gasteiger partial charge in [0.1, 0.15) is 10.1 Å². The first kappa shape index (κ1) is 17.7. The second-order valence-corrected chi connectivity index (χ2v) is 8.71. The number of nitrogens with zero attached hydrogens (tertiary/aromatic N) is 3. The molecule has 2 aromatic carbocycles. The fraction of sp³-hybridized carbons (Fsp3) is 0.263. The number of alkyl halides is 2. The van der Waals surface area contributed by atoms with E-state index in [-0.39, 0.29) is 5.92 Å². The van der Waals surface area contributed by atoms with Gasteiger partial charge in [-0.15, -0.1) is 33.4 Å². The first-order valence-electron chi connectivity index (χ1n) is 8.24. The zero-order valence-electron chi connectivity index (χ0n) is 14.1. The molecule has 1 fully saturated rings. The van der Waals surface area contributed by atoms with E-state index < -0.39 is 4.33 Å².